The van der Waals surface area contributed by atoms with Gasteiger partial charge in [-0.05, 0) is 48.2 Å². The molecule has 1 aliphatic rings. The monoisotopic (exact) mass is 579 g/mol. The van der Waals surface area contributed by atoms with Crippen LogP contribution in [0.5, 0.6) is 11.5 Å². The molecule has 3 atom stereocenters. The van der Waals surface area contributed by atoms with Crippen LogP contribution in [0.4, 0.5) is 23.0 Å². The highest BCUT2D eigenvalue weighted by Gasteiger charge is 2.43. The maximum Gasteiger partial charge on any atom is 0.228 e. The van der Waals surface area contributed by atoms with Gasteiger partial charge in [-0.3, -0.25) is 9.52 Å². The fourth-order valence-corrected chi connectivity index (χ4v) is 5.67. The van der Waals surface area contributed by atoms with Gasteiger partial charge in [0.15, 0.2) is 22.6 Å². The van der Waals surface area contributed by atoms with E-state index < -0.39 is 11.0 Å². The van der Waals surface area contributed by atoms with Crippen LogP contribution in [-0.4, -0.2) is 34.3 Å². The largest absolute Gasteiger partial charge is 0.497 e. The van der Waals surface area contributed by atoms with Gasteiger partial charge in [-0.1, -0.05) is 48.5 Å². The number of benzene rings is 4. The molecule has 5 aromatic rings. The topological polar surface area (TPSA) is 114 Å². The molecule has 212 valence electrons. The molecular formula is C32H29N5O4S. The van der Waals surface area contributed by atoms with Gasteiger partial charge in [-0.2, -0.15) is 0 Å². The molecule has 0 aliphatic heterocycles. The van der Waals surface area contributed by atoms with E-state index in [-0.39, 0.29) is 17.7 Å². The third-order valence-electron chi connectivity index (χ3n) is 7.04. The van der Waals surface area contributed by atoms with E-state index in [1.54, 1.807) is 56.7 Å². The molecule has 42 heavy (non-hydrogen) atoms. The van der Waals surface area contributed by atoms with Crippen molar-refractivity contribution in [2.45, 2.75) is 17.2 Å². The zero-order valence-corrected chi connectivity index (χ0v) is 23.9. The number of nitrogens with one attached hydrogen (secondary N) is 3. The van der Waals surface area contributed by atoms with Crippen molar-refractivity contribution in [2.75, 3.05) is 29.6 Å². The normalized spacial score (nSPS) is 16.3. The second kappa shape index (κ2) is 11.9. The minimum absolute atomic E-state index is 0.0413. The first-order valence-electron chi connectivity index (χ1n) is 13.4. The molecule has 6 rings (SSSR count). The zero-order chi connectivity index (χ0) is 29.1. The van der Waals surface area contributed by atoms with Gasteiger partial charge in [-0.15, -0.1) is 0 Å². The van der Waals surface area contributed by atoms with Crippen molar-refractivity contribution in [2.24, 2.45) is 5.92 Å². The standard InChI is InChI=1S/C32H29N5O4S/c1-40-23-15-22(16-24(18-23)41-2)33-30-31(36-29-14-7-6-13-28(29)35-30)37-42(39)25-12-8-11-21(17-25)34-32(38)27-19-26(27)20-9-4-3-5-10-20/h3-18,26-27H,19H2,1-2H3,(H,33,35)(H,34,38)(H,36,37). The van der Waals surface area contributed by atoms with E-state index in [1.165, 1.54) is 5.56 Å². The van der Waals surface area contributed by atoms with E-state index in [1.807, 2.05) is 42.5 Å². The number of carbonyl (C=O) groups excluding carboxylic acids is 1. The smallest absolute Gasteiger partial charge is 0.228 e. The first-order chi connectivity index (χ1) is 20.5. The van der Waals surface area contributed by atoms with Crippen molar-refractivity contribution in [3.05, 3.63) is 103 Å². The molecular weight excluding hydrogens is 550 g/mol. The number of ether oxygens (including phenoxy) is 2. The lowest BCUT2D eigenvalue weighted by Crippen LogP contribution is -2.15. The number of rotatable bonds is 10. The van der Waals surface area contributed by atoms with Gasteiger partial charge in [-0.25, -0.2) is 14.2 Å². The van der Waals surface area contributed by atoms with Crippen LogP contribution in [0.2, 0.25) is 0 Å². The molecule has 3 unspecified atom stereocenters. The molecule has 0 bridgehead atoms. The Morgan fingerprint density at radius 3 is 2.14 bits per heavy atom. The van der Waals surface area contributed by atoms with Crippen LogP contribution in [0, 0.1) is 5.92 Å². The average molecular weight is 580 g/mol. The highest BCUT2D eigenvalue weighted by Crippen LogP contribution is 2.48. The summed E-state index contributed by atoms with van der Waals surface area (Å²) in [6.45, 7) is 0. The third-order valence-corrected chi connectivity index (χ3v) is 8.11. The number of nitrogens with zero attached hydrogens (tertiary/aromatic N) is 2. The number of aromatic nitrogens is 2. The summed E-state index contributed by atoms with van der Waals surface area (Å²) in [5.74, 6) is 1.99. The molecule has 1 heterocycles. The summed E-state index contributed by atoms with van der Waals surface area (Å²) in [7, 11) is 1.45. The Hall–Kier alpha value is -4.96. The number of fused-ring (bicyclic) bond motifs is 1. The Morgan fingerprint density at radius 1 is 0.786 bits per heavy atom. The fourth-order valence-electron chi connectivity index (χ4n) is 4.80. The number of carbonyl (C=O) groups is 1. The SMILES string of the molecule is COc1cc(Nc2nc3ccccc3nc2NS(=O)c2cccc(NC(=O)C3CC3c3ccccc3)c2)cc(OC)c1. The quantitative estimate of drug-likeness (QED) is 0.179. The molecule has 1 amide bonds. The van der Waals surface area contributed by atoms with E-state index in [9.17, 15) is 9.00 Å². The first kappa shape index (κ1) is 27.2. The molecule has 0 spiro atoms. The number of hydrogen-bond donors (Lipinski definition) is 3. The van der Waals surface area contributed by atoms with Gasteiger partial charge < -0.3 is 20.1 Å². The average Bonchev–Trinajstić information content (AvgIpc) is 3.83. The molecule has 1 aliphatic carbocycles. The van der Waals surface area contributed by atoms with Crippen LogP contribution >= 0.6 is 0 Å². The van der Waals surface area contributed by atoms with Crippen molar-refractivity contribution in [3.63, 3.8) is 0 Å². The number of para-hydroxylation sites is 2. The van der Waals surface area contributed by atoms with Gasteiger partial charge in [0, 0.05) is 35.5 Å². The molecule has 10 heteroatoms. The van der Waals surface area contributed by atoms with Crippen molar-refractivity contribution in [1.29, 1.82) is 0 Å². The number of anilines is 4. The summed E-state index contributed by atoms with van der Waals surface area (Å²) in [6, 6.07) is 29.9. The molecule has 0 saturated heterocycles. The summed E-state index contributed by atoms with van der Waals surface area (Å²) in [4.78, 5) is 22.8. The Bertz CT molecular complexity index is 1760. The number of hydrogen-bond acceptors (Lipinski definition) is 7. The van der Waals surface area contributed by atoms with Crippen LogP contribution < -0.4 is 24.8 Å². The second-order valence-corrected chi connectivity index (χ2v) is 11.1. The predicted octanol–water partition coefficient (Wildman–Crippen LogP) is 6.27. The maximum absolute atomic E-state index is 13.5. The summed E-state index contributed by atoms with van der Waals surface area (Å²) in [5, 5.41) is 6.25. The maximum atomic E-state index is 13.5. The second-order valence-electron chi connectivity index (χ2n) is 9.88. The molecule has 1 fully saturated rings. The van der Waals surface area contributed by atoms with Crippen LogP contribution in [-0.2, 0) is 15.8 Å². The highest BCUT2D eigenvalue weighted by atomic mass is 32.2. The lowest BCUT2D eigenvalue weighted by atomic mass is 10.1. The van der Waals surface area contributed by atoms with Gasteiger partial charge in [0.05, 0.1) is 30.1 Å². The molecule has 4 aromatic carbocycles. The fraction of sp³-hybridized carbons (Fsp3) is 0.156. The Labute approximate surface area is 245 Å². The van der Waals surface area contributed by atoms with E-state index in [2.05, 4.69) is 27.5 Å². The third kappa shape index (κ3) is 6.03. The van der Waals surface area contributed by atoms with Crippen molar-refractivity contribution in [1.82, 2.24) is 9.97 Å². The molecule has 1 aromatic heterocycles. The lowest BCUT2D eigenvalue weighted by Gasteiger charge is -2.15. The van der Waals surface area contributed by atoms with Crippen LogP contribution in [0.3, 0.4) is 0 Å². The van der Waals surface area contributed by atoms with Gasteiger partial charge in [0.2, 0.25) is 5.91 Å². The molecule has 9 nitrogen and oxygen atoms in total. The Balaban J connectivity index is 1.22. The minimum Gasteiger partial charge on any atom is -0.497 e. The molecule has 0 radical (unpaired) electrons. The van der Waals surface area contributed by atoms with Gasteiger partial charge >= 0.3 is 0 Å². The summed E-state index contributed by atoms with van der Waals surface area (Å²) in [5.41, 5.74) is 3.72. The van der Waals surface area contributed by atoms with Crippen molar-refractivity contribution < 1.29 is 18.5 Å². The number of amides is 1. The van der Waals surface area contributed by atoms with E-state index in [0.29, 0.717) is 50.4 Å². The number of methoxy groups -OCH3 is 2. The summed E-state index contributed by atoms with van der Waals surface area (Å²) < 4.78 is 27.3. The Kier molecular flexibility index (Phi) is 7.70. The van der Waals surface area contributed by atoms with Crippen molar-refractivity contribution in [3.8, 4) is 11.5 Å². The van der Waals surface area contributed by atoms with Crippen LogP contribution in [0.25, 0.3) is 11.0 Å². The predicted molar refractivity (Wildman–Crippen MR) is 165 cm³/mol. The zero-order valence-electron chi connectivity index (χ0n) is 23.0. The van der Waals surface area contributed by atoms with Gasteiger partial charge in [0.25, 0.3) is 0 Å². The van der Waals surface area contributed by atoms with E-state index >= 15 is 0 Å². The van der Waals surface area contributed by atoms with Gasteiger partial charge in [0.1, 0.15) is 11.5 Å². The molecule has 1 saturated carbocycles. The lowest BCUT2D eigenvalue weighted by molar-refractivity contribution is -0.117. The van der Waals surface area contributed by atoms with E-state index in [0.717, 1.165) is 6.42 Å². The highest BCUT2D eigenvalue weighted by molar-refractivity contribution is 7.86. The summed E-state index contributed by atoms with van der Waals surface area (Å²) in [6.07, 6.45) is 0.818. The minimum atomic E-state index is -1.71. The molecule has 3 N–H and O–H groups in total. The van der Waals surface area contributed by atoms with Crippen LogP contribution in [0.1, 0.15) is 17.9 Å². The summed E-state index contributed by atoms with van der Waals surface area (Å²) >= 11 is 0. The van der Waals surface area contributed by atoms with E-state index in [4.69, 9.17) is 19.4 Å². The first-order valence-corrected chi connectivity index (χ1v) is 14.6. The Morgan fingerprint density at radius 2 is 1.45 bits per heavy atom. The van der Waals surface area contributed by atoms with Crippen molar-refractivity contribution >= 4 is 50.9 Å². The van der Waals surface area contributed by atoms with Crippen LogP contribution in [0.15, 0.2) is 102 Å².